The Hall–Kier alpha value is -0.970. The first kappa shape index (κ1) is 13.0. The van der Waals surface area contributed by atoms with E-state index in [1.165, 1.54) is 11.8 Å². The molecule has 1 fully saturated rings. The minimum Gasteiger partial charge on any atom is -0.377 e. The van der Waals surface area contributed by atoms with Crippen LogP contribution in [0.15, 0.2) is 33.8 Å². The van der Waals surface area contributed by atoms with Gasteiger partial charge in [-0.25, -0.2) is 0 Å². The summed E-state index contributed by atoms with van der Waals surface area (Å²) < 4.78 is 5.24. The molecule has 1 heterocycles. The van der Waals surface area contributed by atoms with Crippen LogP contribution in [0.2, 0.25) is 5.02 Å². The highest BCUT2D eigenvalue weighted by Crippen LogP contribution is 2.46. The summed E-state index contributed by atoms with van der Waals surface area (Å²) in [5.74, 6) is 1.25. The molecule has 100 valence electrons. The van der Waals surface area contributed by atoms with Crippen LogP contribution >= 0.6 is 23.4 Å². The Kier molecular flexibility index (Phi) is 3.56. The molecule has 1 atom stereocenters. The molecule has 0 bridgehead atoms. The number of aromatic nitrogens is 1. The van der Waals surface area contributed by atoms with Gasteiger partial charge < -0.3 is 9.63 Å². The predicted octanol–water partition coefficient (Wildman–Crippen LogP) is 4.30. The van der Waals surface area contributed by atoms with E-state index in [0.29, 0.717) is 10.9 Å². The van der Waals surface area contributed by atoms with E-state index in [1.807, 2.05) is 25.1 Å². The molecule has 1 aliphatic rings. The fourth-order valence-corrected chi connectivity index (χ4v) is 3.21. The molecule has 1 aliphatic carbocycles. The Bertz CT molecular complexity index is 595. The number of rotatable bonds is 4. The Morgan fingerprint density at radius 2 is 2.26 bits per heavy atom. The quantitative estimate of drug-likeness (QED) is 0.675. The molecule has 0 aliphatic heterocycles. The van der Waals surface area contributed by atoms with E-state index in [4.69, 9.17) is 16.1 Å². The van der Waals surface area contributed by atoms with Gasteiger partial charge in [0.05, 0.1) is 16.8 Å². The van der Waals surface area contributed by atoms with Gasteiger partial charge in [-0.15, -0.1) is 0 Å². The molecule has 3 nitrogen and oxygen atoms in total. The van der Waals surface area contributed by atoms with Gasteiger partial charge in [0.15, 0.2) is 0 Å². The largest absolute Gasteiger partial charge is 0.377 e. The Balaban J connectivity index is 1.80. The van der Waals surface area contributed by atoms with E-state index in [-0.39, 0.29) is 0 Å². The van der Waals surface area contributed by atoms with Crippen LogP contribution in [-0.2, 0) is 0 Å². The highest BCUT2D eigenvalue weighted by Gasteiger charge is 2.32. The fraction of sp³-hybridized carbons (Fsp3) is 0.357. The van der Waals surface area contributed by atoms with Gasteiger partial charge in [0.2, 0.25) is 0 Å². The number of aliphatic hydroxyl groups excluding tert-OH is 1. The van der Waals surface area contributed by atoms with Crippen molar-refractivity contribution in [3.8, 4) is 0 Å². The maximum Gasteiger partial charge on any atom is 0.146 e. The van der Waals surface area contributed by atoms with E-state index in [2.05, 4.69) is 5.16 Å². The molecule has 1 aromatic heterocycles. The van der Waals surface area contributed by atoms with Crippen LogP contribution in [0.5, 0.6) is 0 Å². The van der Waals surface area contributed by atoms with Crippen molar-refractivity contribution in [2.24, 2.45) is 0 Å². The fourth-order valence-electron chi connectivity index (χ4n) is 1.98. The number of hydrogen-bond donors (Lipinski definition) is 1. The van der Waals surface area contributed by atoms with Crippen molar-refractivity contribution in [3.05, 3.63) is 46.3 Å². The number of thioether (sulfide) groups is 1. The Morgan fingerprint density at radius 1 is 1.47 bits per heavy atom. The number of nitrogens with zero attached hydrogens (tertiary/aromatic N) is 1. The highest BCUT2D eigenvalue weighted by atomic mass is 35.5. The summed E-state index contributed by atoms with van der Waals surface area (Å²) in [6, 6.07) is 5.80. The number of aryl methyl sites for hydroxylation is 1. The standard InChI is InChI=1S/C14H14ClNO2S/c1-8-2-5-12(11(15)6-8)19-14(17)10-7-16-18-13(10)9-3-4-9/h2,5-7,9,14,17H,3-4H2,1H3. The summed E-state index contributed by atoms with van der Waals surface area (Å²) in [5, 5.41) is 14.8. The normalized spacial score (nSPS) is 16.6. The third-order valence-electron chi connectivity index (χ3n) is 3.17. The van der Waals surface area contributed by atoms with E-state index >= 15 is 0 Å². The molecule has 19 heavy (non-hydrogen) atoms. The van der Waals surface area contributed by atoms with Crippen LogP contribution in [0, 0.1) is 6.92 Å². The molecule has 1 unspecified atom stereocenters. The van der Waals surface area contributed by atoms with Gasteiger partial charge in [0.25, 0.3) is 0 Å². The van der Waals surface area contributed by atoms with Crippen LogP contribution in [0.3, 0.4) is 0 Å². The molecule has 1 aromatic carbocycles. The first-order valence-corrected chi connectivity index (χ1v) is 7.46. The minimum absolute atomic E-state index is 0.432. The van der Waals surface area contributed by atoms with E-state index in [0.717, 1.165) is 34.6 Å². The second-order valence-electron chi connectivity index (χ2n) is 4.82. The van der Waals surface area contributed by atoms with Crippen LogP contribution in [0.4, 0.5) is 0 Å². The van der Waals surface area contributed by atoms with Crippen molar-refractivity contribution in [2.75, 3.05) is 0 Å². The monoisotopic (exact) mass is 295 g/mol. The summed E-state index contributed by atoms with van der Waals surface area (Å²) in [5.41, 5.74) is 1.18. The SMILES string of the molecule is Cc1ccc(SC(O)c2cnoc2C2CC2)c(Cl)c1. The average molecular weight is 296 g/mol. The van der Waals surface area contributed by atoms with Crippen LogP contribution in [-0.4, -0.2) is 10.3 Å². The molecule has 0 saturated heterocycles. The molecule has 0 amide bonds. The Morgan fingerprint density at radius 3 is 2.95 bits per heavy atom. The van der Waals surface area contributed by atoms with Crippen molar-refractivity contribution in [3.63, 3.8) is 0 Å². The summed E-state index contributed by atoms with van der Waals surface area (Å²) >= 11 is 7.50. The van der Waals surface area contributed by atoms with Crippen molar-refractivity contribution in [1.82, 2.24) is 5.16 Å². The smallest absolute Gasteiger partial charge is 0.146 e. The first-order valence-electron chi connectivity index (χ1n) is 6.20. The van der Waals surface area contributed by atoms with Crippen LogP contribution in [0.1, 0.15) is 41.1 Å². The summed E-state index contributed by atoms with van der Waals surface area (Å²) in [7, 11) is 0. The zero-order valence-corrected chi connectivity index (χ0v) is 12.0. The lowest BCUT2D eigenvalue weighted by atomic mass is 10.2. The average Bonchev–Trinajstić information content (AvgIpc) is 3.10. The second kappa shape index (κ2) is 5.19. The van der Waals surface area contributed by atoms with Crippen molar-refractivity contribution >= 4 is 23.4 Å². The molecule has 1 saturated carbocycles. The van der Waals surface area contributed by atoms with Crippen molar-refractivity contribution in [1.29, 1.82) is 0 Å². The van der Waals surface area contributed by atoms with Gasteiger partial charge in [-0.3, -0.25) is 0 Å². The van der Waals surface area contributed by atoms with Gasteiger partial charge in [0, 0.05) is 10.8 Å². The molecule has 5 heteroatoms. The summed E-state index contributed by atoms with van der Waals surface area (Å²) in [4.78, 5) is 0.864. The molecule has 2 aromatic rings. The minimum atomic E-state index is -0.693. The number of halogens is 1. The van der Waals surface area contributed by atoms with Crippen molar-refractivity contribution < 1.29 is 9.63 Å². The highest BCUT2D eigenvalue weighted by molar-refractivity contribution is 7.99. The lowest BCUT2D eigenvalue weighted by Crippen LogP contribution is -1.94. The van der Waals surface area contributed by atoms with Gasteiger partial charge >= 0.3 is 0 Å². The molecule has 1 N–H and O–H groups in total. The maximum absolute atomic E-state index is 10.3. The van der Waals surface area contributed by atoms with Crippen LogP contribution < -0.4 is 0 Å². The lowest BCUT2D eigenvalue weighted by Gasteiger charge is -2.11. The van der Waals surface area contributed by atoms with E-state index < -0.39 is 5.44 Å². The molecular weight excluding hydrogens is 282 g/mol. The summed E-state index contributed by atoms with van der Waals surface area (Å²) in [6.07, 6.45) is 3.84. The molecular formula is C14H14ClNO2S. The molecule has 0 spiro atoms. The first-order chi connectivity index (χ1) is 9.15. The topological polar surface area (TPSA) is 46.3 Å². The number of aliphatic hydroxyl groups is 1. The predicted molar refractivity (Wildman–Crippen MR) is 75.5 cm³/mol. The van der Waals surface area contributed by atoms with Crippen LogP contribution in [0.25, 0.3) is 0 Å². The van der Waals surface area contributed by atoms with Crippen molar-refractivity contribution in [2.45, 2.75) is 36.0 Å². The summed E-state index contributed by atoms with van der Waals surface area (Å²) in [6.45, 7) is 1.99. The third kappa shape index (κ3) is 2.81. The lowest BCUT2D eigenvalue weighted by molar-refractivity contribution is 0.265. The second-order valence-corrected chi connectivity index (χ2v) is 6.35. The maximum atomic E-state index is 10.3. The zero-order chi connectivity index (χ0) is 13.4. The van der Waals surface area contributed by atoms with Gasteiger partial charge in [-0.2, -0.15) is 0 Å². The number of hydrogen-bond acceptors (Lipinski definition) is 4. The van der Waals surface area contributed by atoms with Gasteiger partial charge in [0.1, 0.15) is 11.2 Å². The van der Waals surface area contributed by atoms with Gasteiger partial charge in [-0.1, -0.05) is 34.6 Å². The molecule has 3 rings (SSSR count). The Labute approximate surface area is 120 Å². The molecule has 0 radical (unpaired) electrons. The van der Waals surface area contributed by atoms with E-state index in [9.17, 15) is 5.11 Å². The van der Waals surface area contributed by atoms with E-state index in [1.54, 1.807) is 6.20 Å². The third-order valence-corrected chi connectivity index (χ3v) is 4.68. The van der Waals surface area contributed by atoms with Gasteiger partial charge in [-0.05, 0) is 37.5 Å². The number of benzene rings is 1. The zero-order valence-electron chi connectivity index (χ0n) is 10.5.